The fraction of sp³-hybridized carbons (Fsp3) is 0. The summed E-state index contributed by atoms with van der Waals surface area (Å²) < 4.78 is 1.93. The average Bonchev–Trinajstić information content (AvgIpc) is 2.57. The third-order valence-corrected chi connectivity index (χ3v) is 3.89. The van der Waals surface area contributed by atoms with E-state index in [0.29, 0.717) is 11.4 Å². The average molecular weight is 352 g/mol. The van der Waals surface area contributed by atoms with Gasteiger partial charge in [-0.15, -0.1) is 0 Å². The first-order valence-electron chi connectivity index (χ1n) is 6.96. The molecular weight excluding hydrogens is 338 g/mol. The Hall–Kier alpha value is -2.39. The van der Waals surface area contributed by atoms with Crippen LogP contribution in [0, 0.1) is 5.21 Å². The first-order valence-corrected chi connectivity index (χ1v) is 7.75. The van der Waals surface area contributed by atoms with E-state index < -0.39 is 0 Å². The molecule has 0 atom stereocenters. The van der Waals surface area contributed by atoms with Gasteiger partial charge in [0.25, 0.3) is 0 Å². The number of benzene rings is 3. The van der Waals surface area contributed by atoms with Crippen molar-refractivity contribution in [3.05, 3.63) is 106 Å². The van der Waals surface area contributed by atoms with E-state index in [1.165, 1.54) is 0 Å². The van der Waals surface area contributed by atoms with Gasteiger partial charge >= 0.3 is 0 Å². The number of halogens is 1. The molecule has 0 aliphatic heterocycles. The molecule has 0 heterocycles. The number of rotatable bonds is 3. The van der Waals surface area contributed by atoms with Crippen LogP contribution in [0.15, 0.2) is 89.4 Å². The van der Waals surface area contributed by atoms with Crippen molar-refractivity contribution < 1.29 is 4.74 Å². The fourth-order valence-corrected chi connectivity index (χ4v) is 2.56. The Bertz CT molecular complexity index is 739. The highest BCUT2D eigenvalue weighted by Crippen LogP contribution is 2.20. The molecule has 0 unspecified atom stereocenters. The van der Waals surface area contributed by atoms with Crippen LogP contribution in [0.5, 0.6) is 0 Å². The van der Waals surface area contributed by atoms with Crippen LogP contribution in [0.2, 0.25) is 0 Å². The molecular formula is C19H14BrNO. The maximum absolute atomic E-state index is 12.9. The van der Waals surface area contributed by atoms with Crippen LogP contribution in [0.4, 0.5) is 5.69 Å². The fourth-order valence-electron chi connectivity index (χ4n) is 2.30. The molecule has 0 amide bonds. The summed E-state index contributed by atoms with van der Waals surface area (Å²) in [4.78, 5) is 0. The van der Waals surface area contributed by atoms with Gasteiger partial charge in [-0.2, -0.15) is 4.74 Å². The smallest absolute Gasteiger partial charge is 0.231 e. The molecule has 0 fully saturated rings. The van der Waals surface area contributed by atoms with Crippen LogP contribution in [0.25, 0.3) is 0 Å². The van der Waals surface area contributed by atoms with E-state index in [2.05, 4.69) is 15.9 Å². The van der Waals surface area contributed by atoms with Gasteiger partial charge in [-0.05, 0) is 36.4 Å². The van der Waals surface area contributed by atoms with Crippen LogP contribution in [-0.4, -0.2) is 10.5 Å². The zero-order chi connectivity index (χ0) is 15.4. The van der Waals surface area contributed by atoms with Gasteiger partial charge in [0.15, 0.2) is 0 Å². The Balaban J connectivity index is 2.21. The molecule has 2 nitrogen and oxygen atoms in total. The summed E-state index contributed by atoms with van der Waals surface area (Å²) >= 11 is 3.39. The van der Waals surface area contributed by atoms with Gasteiger partial charge < -0.3 is 5.21 Å². The molecule has 22 heavy (non-hydrogen) atoms. The Morgan fingerprint density at radius 1 is 0.682 bits per heavy atom. The summed E-state index contributed by atoms with van der Waals surface area (Å²) in [6.45, 7) is 0. The molecule has 0 N–H and O–H groups in total. The lowest BCUT2D eigenvalue weighted by Crippen LogP contribution is -2.14. The van der Waals surface area contributed by atoms with E-state index in [1.807, 2.05) is 84.9 Å². The minimum absolute atomic E-state index is 0.603. The molecule has 0 aliphatic carbocycles. The highest BCUT2D eigenvalue weighted by Gasteiger charge is 2.17. The van der Waals surface area contributed by atoms with Crippen LogP contribution in [0.1, 0.15) is 11.1 Å². The summed E-state index contributed by atoms with van der Waals surface area (Å²) in [7, 11) is 0. The van der Waals surface area contributed by atoms with Crippen molar-refractivity contribution in [3.63, 3.8) is 0 Å². The van der Waals surface area contributed by atoms with Crippen molar-refractivity contribution in [2.24, 2.45) is 0 Å². The SMILES string of the molecule is [O-][N+](=C(c1ccccc1)c1ccccc1)c1ccc(Br)cc1. The molecule has 0 saturated carbocycles. The van der Waals surface area contributed by atoms with Gasteiger partial charge in [-0.3, -0.25) is 0 Å². The van der Waals surface area contributed by atoms with E-state index in [0.717, 1.165) is 20.3 Å². The summed E-state index contributed by atoms with van der Waals surface area (Å²) in [6, 6.07) is 26.8. The first kappa shape index (κ1) is 14.5. The molecule has 0 radical (unpaired) electrons. The Morgan fingerprint density at radius 3 is 1.59 bits per heavy atom. The predicted octanol–water partition coefficient (Wildman–Crippen LogP) is 5.13. The monoisotopic (exact) mass is 351 g/mol. The Morgan fingerprint density at radius 2 is 1.14 bits per heavy atom. The van der Waals surface area contributed by atoms with E-state index >= 15 is 0 Å². The zero-order valence-electron chi connectivity index (χ0n) is 11.8. The van der Waals surface area contributed by atoms with Crippen molar-refractivity contribution in [2.75, 3.05) is 0 Å². The topological polar surface area (TPSA) is 26.1 Å². The number of hydrogen-bond donors (Lipinski definition) is 0. The van der Waals surface area contributed by atoms with Gasteiger partial charge in [0.05, 0.1) is 0 Å². The number of nitrogens with zero attached hydrogens (tertiary/aromatic N) is 1. The molecule has 0 bridgehead atoms. The van der Waals surface area contributed by atoms with Crippen LogP contribution >= 0.6 is 15.9 Å². The lowest BCUT2D eigenvalue weighted by atomic mass is 10.0. The zero-order valence-corrected chi connectivity index (χ0v) is 13.4. The van der Waals surface area contributed by atoms with E-state index in [4.69, 9.17) is 0 Å². The second kappa shape index (κ2) is 6.58. The second-order valence-corrected chi connectivity index (χ2v) is 5.77. The van der Waals surface area contributed by atoms with Gasteiger partial charge in [0.1, 0.15) is 0 Å². The molecule has 3 rings (SSSR count). The van der Waals surface area contributed by atoms with Gasteiger partial charge in [0.2, 0.25) is 11.4 Å². The number of hydrogen-bond acceptors (Lipinski definition) is 1. The van der Waals surface area contributed by atoms with Gasteiger partial charge in [0, 0.05) is 27.7 Å². The van der Waals surface area contributed by atoms with Crippen LogP contribution in [0.3, 0.4) is 0 Å². The Kier molecular flexibility index (Phi) is 4.35. The summed E-state index contributed by atoms with van der Waals surface area (Å²) in [6.07, 6.45) is 0. The second-order valence-electron chi connectivity index (χ2n) is 4.85. The normalized spacial score (nSPS) is 10.2. The largest absolute Gasteiger partial charge is 0.618 e. The summed E-state index contributed by atoms with van der Waals surface area (Å²) in [5.74, 6) is 0. The minimum atomic E-state index is 0.603. The molecule has 3 aromatic rings. The molecule has 108 valence electrons. The van der Waals surface area contributed by atoms with Crippen LogP contribution in [-0.2, 0) is 0 Å². The van der Waals surface area contributed by atoms with E-state index in [9.17, 15) is 5.21 Å². The van der Waals surface area contributed by atoms with Crippen molar-refractivity contribution in [2.45, 2.75) is 0 Å². The first-order chi connectivity index (χ1) is 10.8. The Labute approximate surface area is 138 Å². The highest BCUT2D eigenvalue weighted by atomic mass is 79.9. The molecule has 0 aromatic heterocycles. The molecule has 0 spiro atoms. The van der Waals surface area contributed by atoms with E-state index in [1.54, 1.807) is 0 Å². The van der Waals surface area contributed by atoms with Crippen molar-refractivity contribution >= 4 is 27.3 Å². The summed E-state index contributed by atoms with van der Waals surface area (Å²) in [5.41, 5.74) is 3.03. The quantitative estimate of drug-likeness (QED) is 0.278. The minimum Gasteiger partial charge on any atom is -0.618 e. The molecule has 3 aromatic carbocycles. The maximum atomic E-state index is 12.9. The third kappa shape index (κ3) is 3.10. The molecule has 0 aliphatic rings. The maximum Gasteiger partial charge on any atom is 0.231 e. The molecule has 3 heteroatoms. The highest BCUT2D eigenvalue weighted by molar-refractivity contribution is 9.10. The lowest BCUT2D eigenvalue weighted by Gasteiger charge is -2.11. The summed E-state index contributed by atoms with van der Waals surface area (Å²) in [5, 5.41) is 12.9. The third-order valence-electron chi connectivity index (χ3n) is 3.36. The van der Waals surface area contributed by atoms with Gasteiger partial charge in [-0.25, -0.2) is 0 Å². The van der Waals surface area contributed by atoms with Crippen molar-refractivity contribution in [1.29, 1.82) is 0 Å². The van der Waals surface area contributed by atoms with Crippen molar-refractivity contribution in [3.8, 4) is 0 Å². The van der Waals surface area contributed by atoms with E-state index in [-0.39, 0.29) is 0 Å². The lowest BCUT2D eigenvalue weighted by molar-refractivity contribution is -0.359. The van der Waals surface area contributed by atoms with Crippen LogP contribution < -0.4 is 0 Å². The van der Waals surface area contributed by atoms with Gasteiger partial charge in [-0.1, -0.05) is 52.3 Å². The predicted molar refractivity (Wildman–Crippen MR) is 93.5 cm³/mol. The standard InChI is InChI=1S/C19H14BrNO/c20-17-11-13-18(14-12-17)21(22)19(15-7-3-1-4-8-15)16-9-5-2-6-10-16/h1-14H. The van der Waals surface area contributed by atoms with Crippen molar-refractivity contribution in [1.82, 2.24) is 0 Å². The molecule has 0 saturated heterocycles.